The van der Waals surface area contributed by atoms with Crippen LogP contribution in [0.2, 0.25) is 0 Å². The van der Waals surface area contributed by atoms with Gasteiger partial charge in [0.05, 0.1) is 18.1 Å². The highest BCUT2D eigenvalue weighted by Crippen LogP contribution is 2.75. The number of allylic oxidation sites excluding steroid dienone is 2. The molecule has 0 heterocycles. The van der Waals surface area contributed by atoms with E-state index in [4.69, 9.17) is 28.4 Å². The molecule has 0 radical (unpaired) electrons. The molecule has 6 unspecified atom stereocenters. The molecule has 4 aliphatic carbocycles. The Bertz CT molecular complexity index is 1120. The molecule has 0 aromatic heterocycles. The van der Waals surface area contributed by atoms with Crippen molar-refractivity contribution in [2.75, 3.05) is 27.8 Å². The van der Waals surface area contributed by atoms with E-state index in [1.54, 1.807) is 14.2 Å². The molecule has 8 nitrogen and oxygen atoms in total. The van der Waals surface area contributed by atoms with Gasteiger partial charge in [0.25, 0.3) is 0 Å². The second-order valence-corrected chi connectivity index (χ2v) is 17.4. The standard InChI is InChI=1S/C39H66O8/c1-24(2)14-13-15-27(35(41)47-36(5,6)7)33-29-20-31(45-23-43-12)34-37(8)18-17-30(44-22-42-11)25(3)28(37)16-19-38(34,9)39(29,10)21-32(33)46-26(4)40/h14,25,27-34H,13,15-23H2,1-12H3/t25?,27-,28?,29?,30+,31+,32-,33?,34?,37-,38?,39-/m0/s1. The minimum Gasteiger partial charge on any atom is -0.462 e. The van der Waals surface area contributed by atoms with Gasteiger partial charge in [0.2, 0.25) is 0 Å². The predicted molar refractivity (Wildman–Crippen MR) is 182 cm³/mol. The lowest BCUT2D eigenvalue weighted by atomic mass is 9.36. The average molecular weight is 663 g/mol. The number of carbonyl (C=O) groups is 2. The molecule has 12 atom stereocenters. The Morgan fingerprint density at radius 3 is 2.09 bits per heavy atom. The number of methoxy groups -OCH3 is 2. The molecule has 0 saturated heterocycles. The second-order valence-electron chi connectivity index (χ2n) is 17.4. The van der Waals surface area contributed by atoms with Crippen LogP contribution >= 0.6 is 0 Å². The predicted octanol–water partition coefficient (Wildman–Crippen LogP) is 8.12. The highest BCUT2D eigenvalue weighted by Gasteiger charge is 2.72. The summed E-state index contributed by atoms with van der Waals surface area (Å²) in [6, 6.07) is 0. The van der Waals surface area contributed by atoms with Crippen molar-refractivity contribution in [2.24, 2.45) is 51.8 Å². The third-order valence-corrected chi connectivity index (χ3v) is 13.2. The lowest BCUT2D eigenvalue weighted by molar-refractivity contribution is -0.265. The van der Waals surface area contributed by atoms with E-state index in [1.807, 2.05) is 20.8 Å². The number of rotatable bonds is 12. The van der Waals surface area contributed by atoms with E-state index in [2.05, 4.69) is 47.6 Å². The highest BCUT2D eigenvalue weighted by atomic mass is 16.7. The fourth-order valence-corrected chi connectivity index (χ4v) is 11.4. The van der Waals surface area contributed by atoms with Crippen molar-refractivity contribution >= 4 is 11.9 Å². The molecule has 0 amide bonds. The Balaban J connectivity index is 1.81. The van der Waals surface area contributed by atoms with Crippen LogP contribution < -0.4 is 0 Å². The van der Waals surface area contributed by atoms with Gasteiger partial charge in [-0.2, -0.15) is 0 Å². The molecule has 0 N–H and O–H groups in total. The Kier molecular flexibility index (Phi) is 12.1. The van der Waals surface area contributed by atoms with Crippen molar-refractivity contribution in [3.05, 3.63) is 11.6 Å². The topological polar surface area (TPSA) is 89.5 Å². The van der Waals surface area contributed by atoms with E-state index < -0.39 is 11.5 Å². The van der Waals surface area contributed by atoms with Gasteiger partial charge in [-0.3, -0.25) is 9.59 Å². The lowest BCUT2D eigenvalue weighted by Gasteiger charge is -2.69. The molecule has 270 valence electrons. The van der Waals surface area contributed by atoms with Crippen LogP contribution in [0.4, 0.5) is 0 Å². The fourth-order valence-electron chi connectivity index (χ4n) is 11.4. The smallest absolute Gasteiger partial charge is 0.309 e. The Morgan fingerprint density at radius 1 is 0.872 bits per heavy atom. The van der Waals surface area contributed by atoms with Gasteiger partial charge in [0.15, 0.2) is 0 Å². The van der Waals surface area contributed by atoms with E-state index >= 15 is 0 Å². The minimum atomic E-state index is -0.617. The molecule has 0 aromatic rings. The summed E-state index contributed by atoms with van der Waals surface area (Å²) in [5.74, 6) is 0.233. The zero-order valence-electron chi connectivity index (χ0n) is 31.6. The van der Waals surface area contributed by atoms with Gasteiger partial charge < -0.3 is 28.4 Å². The fraction of sp³-hybridized carbons (Fsp3) is 0.897. The highest BCUT2D eigenvalue weighted by molar-refractivity contribution is 5.74. The normalized spacial score (nSPS) is 40.4. The van der Waals surface area contributed by atoms with Crippen molar-refractivity contribution in [3.8, 4) is 0 Å². The first-order chi connectivity index (χ1) is 21.9. The summed E-state index contributed by atoms with van der Waals surface area (Å²) in [5.41, 5.74) is 0.365. The number of ether oxygens (including phenoxy) is 6. The second kappa shape index (κ2) is 14.8. The Hall–Kier alpha value is -1.48. The molecule has 47 heavy (non-hydrogen) atoms. The van der Waals surface area contributed by atoms with Gasteiger partial charge in [-0.15, -0.1) is 0 Å². The van der Waals surface area contributed by atoms with E-state index in [9.17, 15) is 9.59 Å². The van der Waals surface area contributed by atoms with Crippen LogP contribution in [0.25, 0.3) is 0 Å². The molecule has 0 aliphatic heterocycles. The van der Waals surface area contributed by atoms with Crippen molar-refractivity contribution in [3.63, 3.8) is 0 Å². The van der Waals surface area contributed by atoms with Crippen LogP contribution in [0, 0.1) is 51.8 Å². The van der Waals surface area contributed by atoms with Crippen LogP contribution in [-0.4, -0.2) is 63.7 Å². The molecular formula is C39H66O8. The number of hydrogen-bond acceptors (Lipinski definition) is 8. The van der Waals surface area contributed by atoms with Gasteiger partial charge in [0.1, 0.15) is 25.3 Å². The van der Waals surface area contributed by atoms with Gasteiger partial charge >= 0.3 is 11.9 Å². The first kappa shape index (κ1) is 38.3. The van der Waals surface area contributed by atoms with Crippen LogP contribution in [0.3, 0.4) is 0 Å². The number of carbonyl (C=O) groups excluding carboxylic acids is 2. The first-order valence-corrected chi connectivity index (χ1v) is 18.2. The summed E-state index contributed by atoms with van der Waals surface area (Å²) in [4.78, 5) is 26.9. The minimum absolute atomic E-state index is 0.0365. The average Bonchev–Trinajstić information content (AvgIpc) is 3.23. The van der Waals surface area contributed by atoms with Gasteiger partial charge in [-0.1, -0.05) is 39.3 Å². The quantitative estimate of drug-likeness (QED) is 0.118. The zero-order valence-corrected chi connectivity index (χ0v) is 31.6. The maximum Gasteiger partial charge on any atom is 0.309 e. The van der Waals surface area contributed by atoms with Crippen molar-refractivity contribution in [1.82, 2.24) is 0 Å². The largest absolute Gasteiger partial charge is 0.462 e. The van der Waals surface area contributed by atoms with E-state index in [1.165, 1.54) is 12.5 Å². The van der Waals surface area contributed by atoms with Crippen molar-refractivity contribution in [2.45, 2.75) is 145 Å². The lowest BCUT2D eigenvalue weighted by Crippen LogP contribution is -2.66. The number of fused-ring (bicyclic) bond motifs is 5. The Morgan fingerprint density at radius 2 is 1.51 bits per heavy atom. The molecule has 4 aliphatic rings. The van der Waals surface area contributed by atoms with E-state index in [0.29, 0.717) is 25.0 Å². The van der Waals surface area contributed by atoms with Crippen LogP contribution in [0.5, 0.6) is 0 Å². The molecule has 4 rings (SSSR count). The van der Waals surface area contributed by atoms with Crippen LogP contribution in [0.15, 0.2) is 11.6 Å². The molecule has 4 saturated carbocycles. The SMILES string of the molecule is COCO[C@@H]1CC[C@@]2(C)C(CCC3(C)C2[C@H](OCOC)CC2C([C@H](CCC=C(C)C)C(=O)OC(C)(C)C)[C@@H](OC(C)=O)C[C@@]23C)C1C. The maximum absolute atomic E-state index is 14.2. The summed E-state index contributed by atoms with van der Waals surface area (Å²) in [5, 5.41) is 0. The Labute approximate surface area is 285 Å². The van der Waals surface area contributed by atoms with Crippen molar-refractivity contribution < 1.29 is 38.0 Å². The molecular weight excluding hydrogens is 596 g/mol. The van der Waals surface area contributed by atoms with Crippen LogP contribution in [0.1, 0.15) is 121 Å². The monoisotopic (exact) mass is 662 g/mol. The number of esters is 2. The summed E-state index contributed by atoms with van der Waals surface area (Å²) in [7, 11) is 3.38. The first-order valence-electron chi connectivity index (χ1n) is 18.2. The van der Waals surface area contributed by atoms with E-state index in [-0.39, 0.29) is 71.0 Å². The van der Waals surface area contributed by atoms with E-state index in [0.717, 1.165) is 44.9 Å². The van der Waals surface area contributed by atoms with Gasteiger partial charge in [-0.05, 0) is 126 Å². The maximum atomic E-state index is 14.2. The zero-order chi connectivity index (χ0) is 34.9. The summed E-state index contributed by atoms with van der Waals surface area (Å²) < 4.78 is 36.2. The molecule has 8 heteroatoms. The summed E-state index contributed by atoms with van der Waals surface area (Å²) in [6.45, 7) is 21.8. The van der Waals surface area contributed by atoms with Gasteiger partial charge in [-0.25, -0.2) is 0 Å². The van der Waals surface area contributed by atoms with Gasteiger partial charge in [0, 0.05) is 27.1 Å². The van der Waals surface area contributed by atoms with Crippen LogP contribution in [-0.2, 0) is 38.0 Å². The third kappa shape index (κ3) is 7.51. The summed E-state index contributed by atoms with van der Waals surface area (Å²) in [6.07, 6.45) is 9.13. The number of hydrogen-bond donors (Lipinski definition) is 0. The molecule has 0 aromatic carbocycles. The molecule has 0 spiro atoms. The third-order valence-electron chi connectivity index (χ3n) is 13.2. The summed E-state index contributed by atoms with van der Waals surface area (Å²) >= 11 is 0. The van der Waals surface area contributed by atoms with Crippen molar-refractivity contribution in [1.29, 1.82) is 0 Å². The molecule has 0 bridgehead atoms. The molecule has 4 fully saturated rings.